The number of benzene rings is 1. The average Bonchev–Trinajstić information content (AvgIpc) is 2.96. The van der Waals surface area contributed by atoms with Gasteiger partial charge >= 0.3 is 5.97 Å². The Balaban J connectivity index is 1.70. The van der Waals surface area contributed by atoms with E-state index in [1.807, 2.05) is 12.1 Å². The van der Waals surface area contributed by atoms with Gasteiger partial charge in [-0.2, -0.15) is 0 Å². The second-order valence-corrected chi connectivity index (χ2v) is 7.75. The van der Waals surface area contributed by atoms with E-state index in [-0.39, 0.29) is 23.2 Å². The van der Waals surface area contributed by atoms with Gasteiger partial charge < -0.3 is 19.5 Å². The molecule has 1 aromatic carbocycles. The Kier molecular flexibility index (Phi) is 3.06. The van der Waals surface area contributed by atoms with Gasteiger partial charge in [0.25, 0.3) is 0 Å². The number of piperidine rings is 1. The first kappa shape index (κ1) is 15.3. The molecule has 0 saturated carbocycles. The first-order valence-electron chi connectivity index (χ1n) is 9.16. The van der Waals surface area contributed by atoms with Gasteiger partial charge in [-0.05, 0) is 44.1 Å². The number of likely N-dealkylation sites (N-methyl/N-ethyl adjacent to an activating group) is 1. The molecule has 1 aromatic rings. The molecule has 132 valence electrons. The lowest BCUT2D eigenvalue weighted by atomic mass is 9.53. The topological polar surface area (TPSA) is 59.0 Å². The van der Waals surface area contributed by atoms with E-state index >= 15 is 0 Å². The molecule has 2 heterocycles. The Morgan fingerprint density at radius 1 is 1.44 bits per heavy atom. The highest BCUT2D eigenvalue weighted by Gasteiger charge is 2.65. The molecular formula is C20H23NO4. The first-order chi connectivity index (χ1) is 12.1. The molecule has 2 bridgehead atoms. The van der Waals surface area contributed by atoms with Crippen molar-refractivity contribution in [2.75, 3.05) is 13.6 Å². The van der Waals surface area contributed by atoms with Crippen LogP contribution in [0.3, 0.4) is 0 Å². The molecule has 25 heavy (non-hydrogen) atoms. The summed E-state index contributed by atoms with van der Waals surface area (Å²) in [5, 5.41) is 10.4. The zero-order valence-corrected chi connectivity index (χ0v) is 14.6. The summed E-state index contributed by atoms with van der Waals surface area (Å²) < 4.78 is 12.0. The maximum Gasteiger partial charge on any atom is 0.306 e. The van der Waals surface area contributed by atoms with Gasteiger partial charge in [0.1, 0.15) is 6.10 Å². The van der Waals surface area contributed by atoms with Crippen molar-refractivity contribution < 1.29 is 19.4 Å². The number of carbonyl (C=O) groups is 1. The number of hydrogen-bond acceptors (Lipinski definition) is 5. The van der Waals surface area contributed by atoms with E-state index < -0.39 is 6.10 Å². The van der Waals surface area contributed by atoms with Crippen LogP contribution in [0.25, 0.3) is 0 Å². The molecule has 1 saturated heterocycles. The zero-order valence-electron chi connectivity index (χ0n) is 14.6. The van der Waals surface area contributed by atoms with Gasteiger partial charge in [0.2, 0.25) is 0 Å². The fourth-order valence-electron chi connectivity index (χ4n) is 5.56. The summed E-state index contributed by atoms with van der Waals surface area (Å²) in [6.07, 6.45) is 5.84. The highest BCUT2D eigenvalue weighted by Crippen LogP contribution is 2.62. The molecule has 0 amide bonds. The van der Waals surface area contributed by atoms with E-state index in [0.717, 1.165) is 24.9 Å². The lowest BCUT2D eigenvalue weighted by Gasteiger charge is -2.56. The molecule has 1 spiro atoms. The zero-order chi connectivity index (χ0) is 17.3. The highest BCUT2D eigenvalue weighted by atomic mass is 16.6. The first-order valence-corrected chi connectivity index (χ1v) is 9.16. The highest BCUT2D eigenvalue weighted by molar-refractivity contribution is 5.70. The number of likely N-dealkylation sites (tertiary alicyclic amines) is 1. The molecule has 5 atom stereocenters. The van der Waals surface area contributed by atoms with Crippen LogP contribution in [0.1, 0.15) is 30.9 Å². The Hall–Kier alpha value is -2.01. The second kappa shape index (κ2) is 5.01. The molecule has 5 nitrogen and oxygen atoms in total. The Morgan fingerprint density at radius 2 is 2.28 bits per heavy atom. The Bertz CT molecular complexity index is 788. The van der Waals surface area contributed by atoms with Crippen molar-refractivity contribution >= 4 is 5.97 Å². The summed E-state index contributed by atoms with van der Waals surface area (Å²) >= 11 is 0. The van der Waals surface area contributed by atoms with Crippen molar-refractivity contribution in [3.63, 3.8) is 0 Å². The number of hydrogen-bond donors (Lipinski definition) is 1. The molecule has 1 N–H and O–H groups in total. The smallest absolute Gasteiger partial charge is 0.306 e. The number of esters is 1. The van der Waals surface area contributed by atoms with Crippen LogP contribution in [-0.2, 0) is 21.4 Å². The number of rotatable bonds is 2. The van der Waals surface area contributed by atoms with Crippen LogP contribution < -0.4 is 4.74 Å². The molecule has 5 heteroatoms. The lowest BCUT2D eigenvalue weighted by Crippen LogP contribution is -2.65. The summed E-state index contributed by atoms with van der Waals surface area (Å²) in [7, 11) is 2.19. The second-order valence-electron chi connectivity index (χ2n) is 7.75. The van der Waals surface area contributed by atoms with Crippen molar-refractivity contribution in [1.82, 2.24) is 4.90 Å². The van der Waals surface area contributed by atoms with Gasteiger partial charge in [0.05, 0.1) is 0 Å². The molecule has 0 aromatic heterocycles. The van der Waals surface area contributed by atoms with Gasteiger partial charge in [0.15, 0.2) is 17.6 Å². The number of phenols is 1. The number of aromatic hydroxyl groups is 1. The van der Waals surface area contributed by atoms with Crippen molar-refractivity contribution in [3.8, 4) is 11.5 Å². The summed E-state index contributed by atoms with van der Waals surface area (Å²) in [6.45, 7) is 2.79. The fourth-order valence-corrected chi connectivity index (χ4v) is 5.56. The monoisotopic (exact) mass is 341 g/mol. The standard InChI is InChI=1S/C20H23NO4/c1-3-16(23)24-15-7-5-12-13-10-11-4-6-14(22)18-17(11)20(12,19(15)25-18)8-9-21(13)2/h4-7,12-13,15,19,22H,3,8-10H2,1-2H3. The van der Waals surface area contributed by atoms with Gasteiger partial charge in [-0.15, -0.1) is 0 Å². The van der Waals surface area contributed by atoms with Gasteiger partial charge in [0, 0.05) is 29.4 Å². The van der Waals surface area contributed by atoms with E-state index in [1.165, 1.54) is 5.56 Å². The third-order valence-corrected chi connectivity index (χ3v) is 6.69. The SMILES string of the molecule is CCC(=O)OC1C=CC2C3Cc4ccc(O)c5c4C2(CCN3C)C1O5. The van der Waals surface area contributed by atoms with Crippen LogP contribution in [0.15, 0.2) is 24.3 Å². The van der Waals surface area contributed by atoms with Crippen LogP contribution in [0, 0.1) is 5.92 Å². The molecule has 0 radical (unpaired) electrons. The van der Waals surface area contributed by atoms with E-state index in [1.54, 1.807) is 13.0 Å². The molecule has 5 rings (SSSR count). The minimum absolute atomic E-state index is 0.194. The summed E-state index contributed by atoms with van der Waals surface area (Å²) in [5.74, 6) is 0.910. The van der Waals surface area contributed by atoms with Crippen molar-refractivity contribution in [1.29, 1.82) is 0 Å². The number of phenolic OH excluding ortho intramolecular Hbond substituents is 1. The predicted molar refractivity (Wildman–Crippen MR) is 91.7 cm³/mol. The van der Waals surface area contributed by atoms with Crippen LogP contribution in [-0.4, -0.2) is 47.8 Å². The largest absolute Gasteiger partial charge is 0.504 e. The van der Waals surface area contributed by atoms with E-state index in [0.29, 0.717) is 24.1 Å². The number of nitrogens with zero attached hydrogens (tertiary/aromatic N) is 1. The van der Waals surface area contributed by atoms with Crippen LogP contribution in [0.2, 0.25) is 0 Å². The molecule has 5 unspecified atom stereocenters. The van der Waals surface area contributed by atoms with Gasteiger partial charge in [-0.1, -0.05) is 19.1 Å². The van der Waals surface area contributed by atoms with Crippen LogP contribution in [0.5, 0.6) is 11.5 Å². The number of carbonyl (C=O) groups excluding carboxylic acids is 1. The summed E-state index contributed by atoms with van der Waals surface area (Å²) in [6, 6.07) is 4.19. The maximum absolute atomic E-state index is 11.9. The minimum atomic E-state index is -0.398. The molecular weight excluding hydrogens is 318 g/mol. The minimum Gasteiger partial charge on any atom is -0.504 e. The van der Waals surface area contributed by atoms with Crippen molar-refractivity contribution in [2.24, 2.45) is 5.92 Å². The predicted octanol–water partition coefficient (Wildman–Crippen LogP) is 2.16. The Morgan fingerprint density at radius 3 is 3.08 bits per heavy atom. The summed E-state index contributed by atoms with van der Waals surface area (Å²) in [5.41, 5.74) is 2.22. The molecule has 2 aliphatic carbocycles. The van der Waals surface area contributed by atoms with Gasteiger partial charge in [-0.25, -0.2) is 0 Å². The lowest BCUT2D eigenvalue weighted by molar-refractivity contribution is -0.154. The van der Waals surface area contributed by atoms with Gasteiger partial charge in [-0.3, -0.25) is 4.79 Å². The normalized spacial score (nSPS) is 37.4. The van der Waals surface area contributed by atoms with E-state index in [9.17, 15) is 9.90 Å². The van der Waals surface area contributed by atoms with Crippen molar-refractivity contribution in [2.45, 2.75) is 49.9 Å². The maximum atomic E-state index is 11.9. The van der Waals surface area contributed by atoms with Crippen LogP contribution >= 0.6 is 0 Å². The quantitative estimate of drug-likeness (QED) is 0.660. The third-order valence-electron chi connectivity index (χ3n) is 6.69. The molecule has 2 aliphatic heterocycles. The van der Waals surface area contributed by atoms with Crippen LogP contribution in [0.4, 0.5) is 0 Å². The van der Waals surface area contributed by atoms with Crippen molar-refractivity contribution in [3.05, 3.63) is 35.4 Å². The third kappa shape index (κ3) is 1.79. The van der Waals surface area contributed by atoms with E-state index in [4.69, 9.17) is 9.47 Å². The number of ether oxygens (including phenoxy) is 2. The average molecular weight is 341 g/mol. The Labute approximate surface area is 147 Å². The fraction of sp³-hybridized carbons (Fsp3) is 0.550. The summed E-state index contributed by atoms with van der Waals surface area (Å²) in [4.78, 5) is 14.4. The molecule has 4 aliphatic rings. The molecule has 1 fully saturated rings. The van der Waals surface area contributed by atoms with E-state index in [2.05, 4.69) is 18.0 Å².